The molecular formula is C11H15N3O. The highest BCUT2D eigenvalue weighted by Gasteiger charge is 2.18. The third-order valence-electron chi connectivity index (χ3n) is 2.54. The SMILES string of the molecule is O=C(CCc1ccncc1)NC1CNC1. The predicted octanol–water partition coefficient (Wildman–Crippen LogP) is 0.102. The van der Waals surface area contributed by atoms with E-state index in [1.165, 1.54) is 0 Å². The zero-order valence-corrected chi connectivity index (χ0v) is 8.57. The van der Waals surface area contributed by atoms with Gasteiger partial charge in [-0.2, -0.15) is 0 Å². The number of carbonyl (C=O) groups excluding carboxylic acids is 1. The second-order valence-corrected chi connectivity index (χ2v) is 3.78. The van der Waals surface area contributed by atoms with Crippen LogP contribution in [-0.2, 0) is 11.2 Å². The van der Waals surface area contributed by atoms with Crippen molar-refractivity contribution in [2.24, 2.45) is 0 Å². The summed E-state index contributed by atoms with van der Waals surface area (Å²) in [4.78, 5) is 15.4. The summed E-state index contributed by atoms with van der Waals surface area (Å²) in [5, 5.41) is 6.09. The molecule has 4 nitrogen and oxygen atoms in total. The molecule has 0 aromatic carbocycles. The topological polar surface area (TPSA) is 54.0 Å². The van der Waals surface area contributed by atoms with Gasteiger partial charge in [0.1, 0.15) is 0 Å². The van der Waals surface area contributed by atoms with Gasteiger partial charge in [-0.15, -0.1) is 0 Å². The van der Waals surface area contributed by atoms with Crippen molar-refractivity contribution in [3.63, 3.8) is 0 Å². The first-order chi connectivity index (χ1) is 7.34. The Kier molecular flexibility index (Phi) is 3.29. The van der Waals surface area contributed by atoms with Gasteiger partial charge in [-0.25, -0.2) is 0 Å². The van der Waals surface area contributed by atoms with Gasteiger partial charge in [-0.3, -0.25) is 9.78 Å². The fourth-order valence-corrected chi connectivity index (χ4v) is 1.50. The Labute approximate surface area is 89.1 Å². The smallest absolute Gasteiger partial charge is 0.220 e. The van der Waals surface area contributed by atoms with Crippen molar-refractivity contribution < 1.29 is 4.79 Å². The molecule has 0 saturated carbocycles. The van der Waals surface area contributed by atoms with Gasteiger partial charge in [-0.05, 0) is 24.1 Å². The van der Waals surface area contributed by atoms with Crippen LogP contribution in [0.25, 0.3) is 0 Å². The molecule has 0 radical (unpaired) electrons. The molecule has 80 valence electrons. The van der Waals surface area contributed by atoms with Gasteiger partial charge < -0.3 is 10.6 Å². The minimum atomic E-state index is 0.137. The Morgan fingerprint density at radius 2 is 2.20 bits per heavy atom. The quantitative estimate of drug-likeness (QED) is 0.733. The average molecular weight is 205 g/mol. The molecule has 1 aliphatic rings. The van der Waals surface area contributed by atoms with Crippen LogP contribution < -0.4 is 10.6 Å². The van der Waals surface area contributed by atoms with E-state index in [9.17, 15) is 4.79 Å². The molecule has 0 unspecified atom stereocenters. The summed E-state index contributed by atoms with van der Waals surface area (Å²) in [5.41, 5.74) is 1.16. The van der Waals surface area contributed by atoms with Crippen LogP contribution >= 0.6 is 0 Å². The van der Waals surface area contributed by atoms with Gasteiger partial charge in [-0.1, -0.05) is 0 Å². The number of pyridine rings is 1. The van der Waals surface area contributed by atoms with Crippen LogP contribution in [-0.4, -0.2) is 30.0 Å². The molecule has 1 aromatic heterocycles. The van der Waals surface area contributed by atoms with Crippen molar-refractivity contribution >= 4 is 5.91 Å². The number of nitrogens with one attached hydrogen (secondary N) is 2. The molecule has 1 amide bonds. The van der Waals surface area contributed by atoms with E-state index in [0.717, 1.165) is 25.1 Å². The molecule has 1 saturated heterocycles. The van der Waals surface area contributed by atoms with Gasteiger partial charge in [0.25, 0.3) is 0 Å². The summed E-state index contributed by atoms with van der Waals surface area (Å²) >= 11 is 0. The first-order valence-corrected chi connectivity index (χ1v) is 5.23. The Hall–Kier alpha value is -1.42. The van der Waals surface area contributed by atoms with Crippen molar-refractivity contribution in [2.45, 2.75) is 18.9 Å². The van der Waals surface area contributed by atoms with Crippen LogP contribution in [0, 0.1) is 0 Å². The second-order valence-electron chi connectivity index (χ2n) is 3.78. The third-order valence-corrected chi connectivity index (χ3v) is 2.54. The summed E-state index contributed by atoms with van der Waals surface area (Å²) in [7, 11) is 0. The predicted molar refractivity (Wildman–Crippen MR) is 57.4 cm³/mol. The van der Waals surface area contributed by atoms with Gasteiger partial charge in [0, 0.05) is 31.9 Å². The van der Waals surface area contributed by atoms with E-state index in [-0.39, 0.29) is 5.91 Å². The molecule has 1 fully saturated rings. The summed E-state index contributed by atoms with van der Waals surface area (Å²) in [6, 6.07) is 4.23. The summed E-state index contributed by atoms with van der Waals surface area (Å²) in [5.74, 6) is 0.137. The standard InChI is InChI=1S/C11H15N3O/c15-11(14-10-7-13-8-10)2-1-9-3-5-12-6-4-9/h3-6,10,13H,1-2,7-8H2,(H,14,15). The Morgan fingerprint density at radius 3 is 2.80 bits per heavy atom. The minimum absolute atomic E-state index is 0.137. The number of aryl methyl sites for hydroxylation is 1. The van der Waals surface area contributed by atoms with Crippen LogP contribution in [0.5, 0.6) is 0 Å². The highest BCUT2D eigenvalue weighted by molar-refractivity contribution is 5.76. The van der Waals surface area contributed by atoms with Gasteiger partial charge in [0.2, 0.25) is 5.91 Å². The van der Waals surface area contributed by atoms with Crippen molar-refractivity contribution in [1.82, 2.24) is 15.6 Å². The molecule has 1 aliphatic heterocycles. The van der Waals surface area contributed by atoms with E-state index in [4.69, 9.17) is 0 Å². The van der Waals surface area contributed by atoms with Crippen LogP contribution in [0.1, 0.15) is 12.0 Å². The lowest BCUT2D eigenvalue weighted by Crippen LogP contribution is -2.56. The van der Waals surface area contributed by atoms with E-state index >= 15 is 0 Å². The van der Waals surface area contributed by atoms with Gasteiger partial charge >= 0.3 is 0 Å². The molecule has 0 bridgehead atoms. The highest BCUT2D eigenvalue weighted by Crippen LogP contribution is 2.01. The van der Waals surface area contributed by atoms with Crippen LogP contribution in [0.4, 0.5) is 0 Å². The molecule has 1 aromatic rings. The molecule has 0 atom stereocenters. The first-order valence-electron chi connectivity index (χ1n) is 5.23. The molecule has 2 N–H and O–H groups in total. The van der Waals surface area contributed by atoms with Crippen LogP contribution in [0.3, 0.4) is 0 Å². The lowest BCUT2D eigenvalue weighted by molar-refractivity contribution is -0.122. The van der Waals surface area contributed by atoms with E-state index in [2.05, 4.69) is 15.6 Å². The molecule has 2 heterocycles. The Balaban J connectivity index is 1.71. The molecule has 15 heavy (non-hydrogen) atoms. The zero-order chi connectivity index (χ0) is 10.5. The average Bonchev–Trinajstić information content (AvgIpc) is 2.22. The van der Waals surface area contributed by atoms with Gasteiger partial charge in [0.15, 0.2) is 0 Å². The van der Waals surface area contributed by atoms with Crippen LogP contribution in [0.15, 0.2) is 24.5 Å². The van der Waals surface area contributed by atoms with Crippen molar-refractivity contribution in [3.05, 3.63) is 30.1 Å². The lowest BCUT2D eigenvalue weighted by atomic mass is 10.1. The summed E-state index contributed by atoms with van der Waals surface area (Å²) < 4.78 is 0. The first kappa shape index (κ1) is 10.1. The molecule has 0 aliphatic carbocycles. The maximum atomic E-state index is 11.5. The van der Waals surface area contributed by atoms with E-state index in [1.54, 1.807) is 12.4 Å². The monoisotopic (exact) mass is 205 g/mol. The number of aromatic nitrogens is 1. The number of rotatable bonds is 4. The summed E-state index contributed by atoms with van der Waals surface area (Å²) in [6.07, 6.45) is 4.85. The van der Waals surface area contributed by atoms with Gasteiger partial charge in [0.05, 0.1) is 6.04 Å². The van der Waals surface area contributed by atoms with E-state index < -0.39 is 0 Å². The maximum absolute atomic E-state index is 11.5. The minimum Gasteiger partial charge on any atom is -0.351 e. The van der Waals surface area contributed by atoms with E-state index in [0.29, 0.717) is 12.5 Å². The van der Waals surface area contributed by atoms with Crippen molar-refractivity contribution in [2.75, 3.05) is 13.1 Å². The number of hydrogen-bond donors (Lipinski definition) is 2. The Morgan fingerprint density at radius 1 is 1.47 bits per heavy atom. The lowest BCUT2D eigenvalue weighted by Gasteiger charge is -2.27. The number of carbonyl (C=O) groups is 1. The molecule has 0 spiro atoms. The largest absolute Gasteiger partial charge is 0.351 e. The fraction of sp³-hybridized carbons (Fsp3) is 0.455. The summed E-state index contributed by atoms with van der Waals surface area (Å²) in [6.45, 7) is 1.81. The molecule has 4 heteroatoms. The molecule has 2 rings (SSSR count). The Bertz CT molecular complexity index is 322. The third kappa shape index (κ3) is 3.02. The van der Waals surface area contributed by atoms with Crippen molar-refractivity contribution in [3.8, 4) is 0 Å². The highest BCUT2D eigenvalue weighted by atomic mass is 16.1. The number of nitrogens with zero attached hydrogens (tertiary/aromatic N) is 1. The zero-order valence-electron chi connectivity index (χ0n) is 8.57. The second kappa shape index (κ2) is 4.89. The number of hydrogen-bond acceptors (Lipinski definition) is 3. The molecular weight excluding hydrogens is 190 g/mol. The maximum Gasteiger partial charge on any atom is 0.220 e. The fourth-order valence-electron chi connectivity index (χ4n) is 1.50. The van der Waals surface area contributed by atoms with E-state index in [1.807, 2.05) is 12.1 Å². The normalized spacial score (nSPS) is 15.7. The number of amides is 1. The van der Waals surface area contributed by atoms with Crippen LogP contribution in [0.2, 0.25) is 0 Å². The van der Waals surface area contributed by atoms with Crippen molar-refractivity contribution in [1.29, 1.82) is 0 Å².